The van der Waals surface area contributed by atoms with Crippen LogP contribution >= 0.6 is 7.71 Å². The molecule has 8 heteroatoms. The smallest absolute Gasteiger partial charge is 0.192 e. The summed E-state index contributed by atoms with van der Waals surface area (Å²) in [6, 6.07) is 0. The Kier molecular flexibility index (Phi) is 4.32. The minimum atomic E-state index is -5.27. The first-order valence-electron chi connectivity index (χ1n) is 3.53. The Hall–Kier alpha value is -0.160. The standard InChI is InChI=1S/C5H10F3NO2PS/c1-3-12(4-2)9-13(10,11)5(6,7)8/h3-4H2,1-2H3/q+1. The maximum absolute atomic E-state index is 11.8. The fourth-order valence-corrected chi connectivity index (χ4v) is 3.49. The fourth-order valence-electron chi connectivity index (χ4n) is 0.537. The molecule has 0 amide bonds. The van der Waals surface area contributed by atoms with Gasteiger partial charge in [-0.25, -0.2) is 0 Å². The van der Waals surface area contributed by atoms with Crippen molar-refractivity contribution in [3.8, 4) is 0 Å². The number of sulfonamides is 1. The predicted octanol–water partition coefficient (Wildman–Crippen LogP) is 2.54. The molecule has 0 atom stereocenters. The van der Waals surface area contributed by atoms with Crippen molar-refractivity contribution in [2.75, 3.05) is 12.3 Å². The summed E-state index contributed by atoms with van der Waals surface area (Å²) in [6.07, 6.45) is 0.697. The van der Waals surface area contributed by atoms with E-state index in [1.165, 1.54) is 0 Å². The molecule has 0 fully saturated rings. The molecule has 3 nitrogen and oxygen atoms in total. The monoisotopic (exact) mass is 236 g/mol. The largest absolute Gasteiger partial charge is 0.521 e. The summed E-state index contributed by atoms with van der Waals surface area (Å²) in [5.74, 6) is 0. The topological polar surface area (TPSA) is 46.5 Å². The van der Waals surface area contributed by atoms with Crippen molar-refractivity contribution in [1.29, 1.82) is 0 Å². The first kappa shape index (κ1) is 12.8. The zero-order valence-corrected chi connectivity index (χ0v) is 8.88. The summed E-state index contributed by atoms with van der Waals surface area (Å²) < 4.78 is 59.2. The lowest BCUT2D eigenvalue weighted by molar-refractivity contribution is -0.0434. The van der Waals surface area contributed by atoms with Crippen molar-refractivity contribution in [3.63, 3.8) is 0 Å². The minimum Gasteiger partial charge on any atom is -0.192 e. The van der Waals surface area contributed by atoms with Gasteiger partial charge in [0, 0.05) is 4.15 Å². The van der Waals surface area contributed by atoms with Gasteiger partial charge in [-0.3, -0.25) is 0 Å². The van der Waals surface area contributed by atoms with E-state index in [0.717, 1.165) is 0 Å². The molecular formula is C5H10F3NO2PS+. The van der Waals surface area contributed by atoms with Crippen LogP contribution in [-0.4, -0.2) is 26.2 Å². The second-order valence-corrected chi connectivity index (χ2v) is 6.49. The molecule has 0 bridgehead atoms. The minimum absolute atomic E-state index is 0.348. The molecule has 0 unspecified atom stereocenters. The molecule has 13 heavy (non-hydrogen) atoms. The van der Waals surface area contributed by atoms with E-state index in [0.29, 0.717) is 12.3 Å². The average molecular weight is 236 g/mol. The van der Waals surface area contributed by atoms with Crippen LogP contribution in [0.15, 0.2) is 4.15 Å². The molecular weight excluding hydrogens is 226 g/mol. The van der Waals surface area contributed by atoms with Gasteiger partial charge in [0.15, 0.2) is 0 Å². The van der Waals surface area contributed by atoms with E-state index in [2.05, 4.69) is 4.15 Å². The fraction of sp³-hybridized carbons (Fsp3) is 1.00. The molecule has 78 valence electrons. The van der Waals surface area contributed by atoms with E-state index in [4.69, 9.17) is 0 Å². The van der Waals surface area contributed by atoms with Crippen LogP contribution in [0.1, 0.15) is 13.8 Å². The molecule has 0 heterocycles. The van der Waals surface area contributed by atoms with Crippen LogP contribution in [0.25, 0.3) is 0 Å². The highest BCUT2D eigenvalue weighted by Crippen LogP contribution is 2.33. The summed E-state index contributed by atoms with van der Waals surface area (Å²) in [6.45, 7) is 3.23. The molecule has 0 N–H and O–H groups in total. The Balaban J connectivity index is 5.00. The molecule has 0 saturated carbocycles. The van der Waals surface area contributed by atoms with E-state index < -0.39 is 23.2 Å². The Morgan fingerprint density at radius 1 is 1.23 bits per heavy atom. The van der Waals surface area contributed by atoms with E-state index in [9.17, 15) is 21.6 Å². The molecule has 0 aliphatic rings. The Morgan fingerprint density at radius 3 is 1.85 bits per heavy atom. The van der Waals surface area contributed by atoms with Crippen molar-refractivity contribution in [3.05, 3.63) is 0 Å². The van der Waals surface area contributed by atoms with E-state index in [-0.39, 0.29) is 0 Å². The highest BCUT2D eigenvalue weighted by atomic mass is 32.2. The SMILES string of the molecule is CC[P+](CC)=NS(=O)(=O)C(F)(F)F. The average Bonchev–Trinajstić information content (AvgIpc) is 1.98. The van der Waals surface area contributed by atoms with Crippen molar-refractivity contribution >= 4 is 17.7 Å². The van der Waals surface area contributed by atoms with Gasteiger partial charge in [-0.1, -0.05) is 0 Å². The lowest BCUT2D eigenvalue weighted by atomic mass is 11.0. The highest BCUT2D eigenvalue weighted by Gasteiger charge is 2.48. The molecule has 0 aliphatic heterocycles. The zero-order valence-electron chi connectivity index (χ0n) is 7.17. The molecule has 0 aromatic rings. The van der Waals surface area contributed by atoms with Crippen molar-refractivity contribution in [2.24, 2.45) is 4.15 Å². The Labute approximate surface area is 75.9 Å². The molecule has 0 aromatic heterocycles. The van der Waals surface area contributed by atoms with E-state index in [1.54, 1.807) is 13.8 Å². The van der Waals surface area contributed by atoms with Crippen molar-refractivity contribution in [1.82, 2.24) is 0 Å². The number of alkyl halides is 3. The van der Waals surface area contributed by atoms with Crippen LogP contribution in [0.4, 0.5) is 13.2 Å². The van der Waals surface area contributed by atoms with Gasteiger partial charge in [0.25, 0.3) is 0 Å². The molecule has 0 radical (unpaired) electrons. The third-order valence-electron chi connectivity index (χ3n) is 1.25. The quantitative estimate of drug-likeness (QED) is 0.707. The van der Waals surface area contributed by atoms with Gasteiger partial charge >= 0.3 is 15.5 Å². The lowest BCUT2D eigenvalue weighted by Gasteiger charge is -1.99. The third kappa shape index (κ3) is 3.60. The van der Waals surface area contributed by atoms with Gasteiger partial charge in [0.2, 0.25) is 7.71 Å². The van der Waals surface area contributed by atoms with Crippen LogP contribution < -0.4 is 0 Å². The number of halogens is 3. The van der Waals surface area contributed by atoms with E-state index in [1.807, 2.05) is 0 Å². The molecule has 0 aromatic carbocycles. The number of rotatable bonds is 3. The first-order chi connectivity index (χ1) is 5.74. The van der Waals surface area contributed by atoms with Gasteiger partial charge in [0.05, 0.1) is 0 Å². The van der Waals surface area contributed by atoms with Gasteiger partial charge in [-0.05, 0) is 13.8 Å². The van der Waals surface area contributed by atoms with Crippen LogP contribution in [0.2, 0.25) is 0 Å². The second kappa shape index (κ2) is 4.37. The summed E-state index contributed by atoms with van der Waals surface area (Å²) in [4.78, 5) is 0. The van der Waals surface area contributed by atoms with Gasteiger partial charge < -0.3 is 0 Å². The van der Waals surface area contributed by atoms with Gasteiger partial charge in [0.1, 0.15) is 12.3 Å². The van der Waals surface area contributed by atoms with Crippen molar-refractivity contribution in [2.45, 2.75) is 19.4 Å². The van der Waals surface area contributed by atoms with E-state index >= 15 is 0 Å². The molecule has 0 spiro atoms. The van der Waals surface area contributed by atoms with Gasteiger partial charge in [-0.2, -0.15) is 21.6 Å². The number of hydrogen-bond donors (Lipinski definition) is 0. The number of nitrogens with zero attached hydrogens (tertiary/aromatic N) is 1. The summed E-state index contributed by atoms with van der Waals surface area (Å²) in [5.41, 5.74) is -5.25. The van der Waals surface area contributed by atoms with Crippen LogP contribution in [0, 0.1) is 0 Å². The van der Waals surface area contributed by atoms with Crippen LogP contribution in [0.3, 0.4) is 0 Å². The normalized spacial score (nSPS) is 12.7. The first-order valence-corrected chi connectivity index (χ1v) is 6.64. The zero-order chi connectivity index (χ0) is 10.7. The van der Waals surface area contributed by atoms with Gasteiger partial charge in [-0.15, -0.1) is 0 Å². The van der Waals surface area contributed by atoms with Crippen LogP contribution in [0.5, 0.6) is 0 Å². The van der Waals surface area contributed by atoms with Crippen LogP contribution in [-0.2, 0) is 10.0 Å². The Morgan fingerprint density at radius 2 is 1.62 bits per heavy atom. The Bertz CT molecular complexity index is 289. The summed E-state index contributed by atoms with van der Waals surface area (Å²) in [5, 5.41) is 0. The third-order valence-corrected chi connectivity index (χ3v) is 5.07. The lowest BCUT2D eigenvalue weighted by Crippen LogP contribution is -2.20. The molecule has 0 rings (SSSR count). The maximum Gasteiger partial charge on any atom is 0.521 e. The summed E-state index contributed by atoms with van der Waals surface area (Å²) >= 11 is 0. The summed E-state index contributed by atoms with van der Waals surface area (Å²) in [7, 11) is -6.66. The van der Waals surface area contributed by atoms with Crippen molar-refractivity contribution < 1.29 is 21.6 Å². The number of hydrogen-bond acceptors (Lipinski definition) is 2. The maximum atomic E-state index is 11.8. The second-order valence-electron chi connectivity index (χ2n) is 2.14. The molecule has 0 saturated heterocycles. The molecule has 0 aliphatic carbocycles. The highest BCUT2D eigenvalue weighted by molar-refractivity contribution is 7.93. The predicted molar refractivity (Wildman–Crippen MR) is 45.4 cm³/mol.